The number of hydrogen-bond acceptors (Lipinski definition) is 3. The summed E-state index contributed by atoms with van der Waals surface area (Å²) in [6.07, 6.45) is 6.03. The van der Waals surface area contributed by atoms with Gasteiger partial charge in [-0.2, -0.15) is 0 Å². The molecule has 122 valence electrons. The lowest BCUT2D eigenvalue weighted by Crippen LogP contribution is -1.92. The second kappa shape index (κ2) is 6.22. The van der Waals surface area contributed by atoms with Crippen molar-refractivity contribution in [2.24, 2.45) is 0 Å². The zero-order chi connectivity index (χ0) is 16.7. The lowest BCUT2D eigenvalue weighted by atomic mass is 10.0. The van der Waals surface area contributed by atoms with Crippen LogP contribution in [0.1, 0.15) is 24.5 Å². The third-order valence-corrected chi connectivity index (χ3v) is 5.04. The van der Waals surface area contributed by atoms with E-state index in [1.54, 1.807) is 12.3 Å². The van der Waals surface area contributed by atoms with Gasteiger partial charge in [0.1, 0.15) is 5.82 Å². The van der Waals surface area contributed by atoms with Gasteiger partial charge in [0.25, 0.3) is 0 Å². The van der Waals surface area contributed by atoms with Crippen molar-refractivity contribution in [2.45, 2.75) is 23.9 Å². The van der Waals surface area contributed by atoms with Gasteiger partial charge < -0.3 is 4.98 Å². The molecular weight excluding hydrogens is 345 g/mol. The van der Waals surface area contributed by atoms with Gasteiger partial charge in [0.15, 0.2) is 5.16 Å². The minimum absolute atomic E-state index is 0.304. The first-order chi connectivity index (χ1) is 11.7. The molecule has 0 amide bonds. The van der Waals surface area contributed by atoms with E-state index in [0.29, 0.717) is 21.7 Å². The van der Waals surface area contributed by atoms with Gasteiger partial charge in [-0.1, -0.05) is 23.4 Å². The first kappa shape index (κ1) is 15.7. The maximum atomic E-state index is 13.8. The van der Waals surface area contributed by atoms with Gasteiger partial charge in [0.05, 0.1) is 11.4 Å². The number of thioether (sulfide) groups is 1. The molecule has 1 aromatic carbocycles. The molecule has 0 radical (unpaired) electrons. The third kappa shape index (κ3) is 2.94. The summed E-state index contributed by atoms with van der Waals surface area (Å²) in [5.41, 5.74) is 4.37. The summed E-state index contributed by atoms with van der Waals surface area (Å²) < 4.78 is 13.8. The molecule has 1 aliphatic carbocycles. The number of H-pyrrole nitrogens is 1. The molecular formula is C18H15ClFN3S. The molecule has 2 aromatic heterocycles. The van der Waals surface area contributed by atoms with Crippen molar-refractivity contribution in [1.82, 2.24) is 15.0 Å². The van der Waals surface area contributed by atoms with Crippen LogP contribution in [0.5, 0.6) is 0 Å². The Labute approximate surface area is 148 Å². The number of benzene rings is 1. The molecule has 0 aliphatic heterocycles. The molecule has 1 N–H and O–H groups in total. The highest BCUT2D eigenvalue weighted by molar-refractivity contribution is 7.98. The zero-order valence-corrected chi connectivity index (χ0v) is 14.6. The lowest BCUT2D eigenvalue weighted by Gasteiger charge is -2.07. The Bertz CT molecular complexity index is 905. The average Bonchev–Trinajstić information content (AvgIpc) is 3.36. The average molecular weight is 360 g/mol. The van der Waals surface area contributed by atoms with Crippen LogP contribution in [0.4, 0.5) is 4.39 Å². The third-order valence-electron chi connectivity index (χ3n) is 4.15. The molecule has 1 saturated carbocycles. The molecule has 0 saturated heterocycles. The zero-order valence-electron chi connectivity index (χ0n) is 13.0. The van der Waals surface area contributed by atoms with Crippen molar-refractivity contribution in [3.63, 3.8) is 0 Å². The number of rotatable bonds is 4. The Hall–Kier alpha value is -1.85. The molecule has 0 spiro atoms. The first-order valence-corrected chi connectivity index (χ1v) is 9.31. The van der Waals surface area contributed by atoms with E-state index in [2.05, 4.69) is 21.0 Å². The Balaban J connectivity index is 1.90. The van der Waals surface area contributed by atoms with Crippen molar-refractivity contribution < 1.29 is 4.39 Å². The Morgan fingerprint density at radius 1 is 1.21 bits per heavy atom. The van der Waals surface area contributed by atoms with Crippen LogP contribution >= 0.6 is 23.4 Å². The van der Waals surface area contributed by atoms with Crippen LogP contribution in [-0.4, -0.2) is 21.2 Å². The van der Waals surface area contributed by atoms with E-state index in [1.807, 2.05) is 12.3 Å². The molecule has 0 atom stereocenters. The van der Waals surface area contributed by atoms with Gasteiger partial charge in [-0.3, -0.25) is 0 Å². The summed E-state index contributed by atoms with van der Waals surface area (Å²) >= 11 is 7.82. The molecule has 1 fully saturated rings. The maximum Gasteiger partial charge on any atom is 0.187 e. The molecule has 3 aromatic rings. The summed E-state index contributed by atoms with van der Waals surface area (Å²) in [6, 6.07) is 8.37. The second-order valence-electron chi connectivity index (χ2n) is 5.84. The van der Waals surface area contributed by atoms with Crippen molar-refractivity contribution in [2.75, 3.05) is 6.26 Å². The highest BCUT2D eigenvalue weighted by Gasteiger charge is 2.27. The maximum absolute atomic E-state index is 13.8. The van der Waals surface area contributed by atoms with E-state index in [0.717, 1.165) is 22.6 Å². The van der Waals surface area contributed by atoms with Crippen LogP contribution in [0.2, 0.25) is 5.02 Å². The fourth-order valence-electron chi connectivity index (χ4n) is 2.79. The molecule has 4 rings (SSSR count). The van der Waals surface area contributed by atoms with Crippen molar-refractivity contribution in [3.05, 3.63) is 53.1 Å². The molecule has 0 unspecified atom stereocenters. The quantitative estimate of drug-likeness (QED) is 0.492. The minimum atomic E-state index is -0.304. The summed E-state index contributed by atoms with van der Waals surface area (Å²) in [4.78, 5) is 12.3. The first-order valence-electron chi connectivity index (χ1n) is 7.71. The van der Waals surface area contributed by atoms with Gasteiger partial charge in [-0.15, -0.1) is 0 Å². The highest BCUT2D eigenvalue weighted by Crippen LogP contribution is 2.44. The lowest BCUT2D eigenvalue weighted by molar-refractivity contribution is 0.628. The summed E-state index contributed by atoms with van der Waals surface area (Å²) in [7, 11) is 0. The van der Waals surface area contributed by atoms with Crippen LogP contribution in [0, 0.1) is 5.82 Å². The Morgan fingerprint density at radius 2 is 2.04 bits per heavy atom. The summed E-state index contributed by atoms with van der Waals surface area (Å²) in [6.45, 7) is 0. The number of nitrogens with zero attached hydrogens (tertiary/aromatic N) is 2. The predicted molar refractivity (Wildman–Crippen MR) is 96.0 cm³/mol. The smallest absolute Gasteiger partial charge is 0.187 e. The van der Waals surface area contributed by atoms with Crippen LogP contribution in [0.15, 0.2) is 41.7 Å². The van der Waals surface area contributed by atoms with E-state index >= 15 is 0 Å². The fraction of sp³-hybridized carbons (Fsp3) is 0.222. The number of hydrogen-bond donors (Lipinski definition) is 1. The van der Waals surface area contributed by atoms with Gasteiger partial charge in [0.2, 0.25) is 0 Å². The number of halogens is 2. The minimum Gasteiger partial charge on any atom is -0.356 e. The molecule has 1 aliphatic rings. The van der Waals surface area contributed by atoms with Gasteiger partial charge in [0, 0.05) is 28.0 Å². The molecule has 0 bridgehead atoms. The number of aromatic nitrogens is 3. The van der Waals surface area contributed by atoms with Crippen LogP contribution in [-0.2, 0) is 0 Å². The second-order valence-corrected chi connectivity index (χ2v) is 7.02. The van der Waals surface area contributed by atoms with Crippen molar-refractivity contribution in [3.8, 4) is 22.5 Å². The van der Waals surface area contributed by atoms with E-state index in [4.69, 9.17) is 11.6 Å². The van der Waals surface area contributed by atoms with E-state index in [-0.39, 0.29) is 5.82 Å². The summed E-state index contributed by atoms with van der Waals surface area (Å²) in [5, 5.41) is 1.23. The predicted octanol–water partition coefficient (Wildman–Crippen LogP) is 5.53. The van der Waals surface area contributed by atoms with E-state index in [1.165, 1.54) is 36.7 Å². The topological polar surface area (TPSA) is 41.6 Å². The van der Waals surface area contributed by atoms with E-state index < -0.39 is 0 Å². The molecule has 3 nitrogen and oxygen atoms in total. The highest BCUT2D eigenvalue weighted by atomic mass is 35.5. The Morgan fingerprint density at radius 3 is 2.79 bits per heavy atom. The standard InChI is InChI=1S/C18H15ClFN3S/c1-24-18-21-7-6-15(23-18)17-13(9-16(22-17)10-2-3-10)12-8-11(20)4-5-14(12)19/h4-10,22H,2-3H2,1H3. The number of nitrogens with one attached hydrogen (secondary N) is 1. The van der Waals surface area contributed by atoms with Crippen LogP contribution < -0.4 is 0 Å². The molecule has 6 heteroatoms. The van der Waals surface area contributed by atoms with Gasteiger partial charge >= 0.3 is 0 Å². The van der Waals surface area contributed by atoms with Crippen molar-refractivity contribution >= 4 is 23.4 Å². The van der Waals surface area contributed by atoms with E-state index in [9.17, 15) is 4.39 Å². The van der Waals surface area contributed by atoms with Gasteiger partial charge in [-0.05, 0) is 55.3 Å². The monoisotopic (exact) mass is 359 g/mol. The number of aromatic amines is 1. The van der Waals surface area contributed by atoms with Crippen LogP contribution in [0.25, 0.3) is 22.5 Å². The fourth-order valence-corrected chi connectivity index (χ4v) is 3.36. The SMILES string of the molecule is CSc1nccc(-c2[nH]c(C3CC3)cc2-c2cc(F)ccc2Cl)n1. The Kier molecular flexibility index (Phi) is 4.06. The normalized spacial score (nSPS) is 14.1. The summed E-state index contributed by atoms with van der Waals surface area (Å²) in [5.74, 6) is 0.244. The molecule has 24 heavy (non-hydrogen) atoms. The molecule has 2 heterocycles. The van der Waals surface area contributed by atoms with Crippen molar-refractivity contribution in [1.29, 1.82) is 0 Å². The van der Waals surface area contributed by atoms with Gasteiger partial charge in [-0.25, -0.2) is 14.4 Å². The largest absolute Gasteiger partial charge is 0.356 e. The van der Waals surface area contributed by atoms with Crippen LogP contribution in [0.3, 0.4) is 0 Å².